The van der Waals surface area contributed by atoms with Crippen LogP contribution in [-0.4, -0.2) is 7.05 Å². The number of hydrogen-bond donors (Lipinski definition) is 1. The van der Waals surface area contributed by atoms with Gasteiger partial charge in [0.25, 0.3) is 0 Å². The first-order valence-corrected chi connectivity index (χ1v) is 6.92. The van der Waals surface area contributed by atoms with Crippen molar-refractivity contribution in [2.75, 3.05) is 7.05 Å². The molecule has 0 aliphatic carbocycles. The molecule has 0 aliphatic heterocycles. The Morgan fingerprint density at radius 3 is 2.32 bits per heavy atom. The fourth-order valence-electron chi connectivity index (χ4n) is 2.27. The molecule has 0 unspecified atom stereocenters. The van der Waals surface area contributed by atoms with Gasteiger partial charge < -0.3 is 5.32 Å². The second-order valence-electron chi connectivity index (χ2n) is 5.11. The number of aryl methyl sites for hydroxylation is 3. The molecule has 0 fully saturated rings. The molecule has 0 atom stereocenters. The molecular formula is C17H20ClN. The molecule has 0 heterocycles. The molecule has 0 aromatic heterocycles. The molecule has 2 aromatic rings. The Bertz CT molecular complexity index is 602. The summed E-state index contributed by atoms with van der Waals surface area (Å²) in [5, 5.41) is 4.04. The van der Waals surface area contributed by atoms with Gasteiger partial charge in [0, 0.05) is 17.1 Å². The summed E-state index contributed by atoms with van der Waals surface area (Å²) in [7, 11) is 1.96. The van der Waals surface area contributed by atoms with Gasteiger partial charge in [-0.1, -0.05) is 35.4 Å². The molecule has 0 bridgehead atoms. The lowest BCUT2D eigenvalue weighted by molar-refractivity contribution is 0.819. The average Bonchev–Trinajstić information content (AvgIpc) is 2.36. The van der Waals surface area contributed by atoms with Crippen LogP contribution < -0.4 is 5.32 Å². The number of halogens is 1. The van der Waals surface area contributed by atoms with Crippen LogP contribution in [0.25, 0.3) is 11.1 Å². The molecule has 0 spiro atoms. The quantitative estimate of drug-likeness (QED) is 0.858. The second kappa shape index (κ2) is 5.77. The van der Waals surface area contributed by atoms with Crippen LogP contribution in [-0.2, 0) is 6.54 Å². The molecule has 0 amide bonds. The Hall–Kier alpha value is -1.31. The van der Waals surface area contributed by atoms with Crippen molar-refractivity contribution in [3.8, 4) is 11.1 Å². The maximum Gasteiger partial charge on any atom is 0.0487 e. The van der Waals surface area contributed by atoms with Gasteiger partial charge in [0.05, 0.1) is 0 Å². The highest BCUT2D eigenvalue weighted by Gasteiger charge is 2.10. The monoisotopic (exact) mass is 273 g/mol. The fourth-order valence-corrected chi connectivity index (χ4v) is 2.59. The van der Waals surface area contributed by atoms with Crippen molar-refractivity contribution < 1.29 is 0 Å². The van der Waals surface area contributed by atoms with Crippen molar-refractivity contribution in [3.05, 3.63) is 57.6 Å². The summed E-state index contributed by atoms with van der Waals surface area (Å²) >= 11 is 6.44. The largest absolute Gasteiger partial charge is 0.316 e. The molecule has 1 N–H and O–H groups in total. The predicted molar refractivity (Wildman–Crippen MR) is 83.9 cm³/mol. The van der Waals surface area contributed by atoms with Crippen LogP contribution in [0.2, 0.25) is 5.02 Å². The summed E-state index contributed by atoms with van der Waals surface area (Å²) in [5.74, 6) is 0. The van der Waals surface area contributed by atoms with Crippen molar-refractivity contribution in [2.45, 2.75) is 27.3 Å². The van der Waals surface area contributed by atoms with Crippen molar-refractivity contribution in [1.82, 2.24) is 5.32 Å². The molecular weight excluding hydrogens is 254 g/mol. The van der Waals surface area contributed by atoms with Gasteiger partial charge in [-0.05, 0) is 62.2 Å². The van der Waals surface area contributed by atoms with Crippen molar-refractivity contribution in [2.24, 2.45) is 0 Å². The minimum atomic E-state index is 0.825. The van der Waals surface area contributed by atoms with Crippen LogP contribution in [0.4, 0.5) is 0 Å². The minimum absolute atomic E-state index is 0.825. The number of hydrogen-bond acceptors (Lipinski definition) is 1. The second-order valence-corrected chi connectivity index (χ2v) is 5.51. The molecule has 0 saturated heterocycles. The third-order valence-corrected chi connectivity index (χ3v) is 3.82. The molecule has 1 nitrogen and oxygen atoms in total. The Balaban J connectivity index is 2.63. The van der Waals surface area contributed by atoms with E-state index in [2.05, 4.69) is 56.4 Å². The zero-order valence-corrected chi connectivity index (χ0v) is 12.7. The molecule has 100 valence electrons. The standard InChI is InChI=1S/C17H20ClN/c1-11-5-6-14(10-19-4)15(7-11)16-8-12(2)13(3)9-17(16)18/h5-9,19H,10H2,1-4H3. The lowest BCUT2D eigenvalue weighted by atomic mass is 9.95. The zero-order chi connectivity index (χ0) is 14.0. The van der Waals surface area contributed by atoms with Gasteiger partial charge in [-0.25, -0.2) is 0 Å². The number of rotatable bonds is 3. The van der Waals surface area contributed by atoms with Crippen LogP contribution in [0.5, 0.6) is 0 Å². The van der Waals surface area contributed by atoms with E-state index in [4.69, 9.17) is 11.6 Å². The number of benzene rings is 2. The van der Waals surface area contributed by atoms with E-state index in [-0.39, 0.29) is 0 Å². The maximum atomic E-state index is 6.44. The van der Waals surface area contributed by atoms with E-state index in [0.717, 1.165) is 17.1 Å². The van der Waals surface area contributed by atoms with E-state index in [0.29, 0.717) is 0 Å². The average molecular weight is 274 g/mol. The minimum Gasteiger partial charge on any atom is -0.316 e. The first kappa shape index (κ1) is 14.1. The summed E-state index contributed by atoms with van der Waals surface area (Å²) in [5.41, 5.74) is 7.39. The first-order valence-electron chi connectivity index (χ1n) is 6.54. The Morgan fingerprint density at radius 1 is 0.947 bits per heavy atom. The van der Waals surface area contributed by atoms with Gasteiger partial charge in [-0.3, -0.25) is 0 Å². The highest BCUT2D eigenvalue weighted by Crippen LogP contribution is 2.33. The maximum absolute atomic E-state index is 6.44. The molecule has 0 radical (unpaired) electrons. The molecule has 0 aliphatic rings. The van der Waals surface area contributed by atoms with Gasteiger partial charge in [-0.15, -0.1) is 0 Å². The van der Waals surface area contributed by atoms with Gasteiger partial charge in [0.15, 0.2) is 0 Å². The smallest absolute Gasteiger partial charge is 0.0487 e. The van der Waals surface area contributed by atoms with Gasteiger partial charge >= 0.3 is 0 Å². The van der Waals surface area contributed by atoms with Crippen LogP contribution >= 0.6 is 11.6 Å². The Kier molecular flexibility index (Phi) is 4.28. The summed E-state index contributed by atoms with van der Waals surface area (Å²) in [6, 6.07) is 10.8. The third kappa shape index (κ3) is 2.99. The Labute approximate surface area is 120 Å². The lowest BCUT2D eigenvalue weighted by Gasteiger charge is -2.14. The SMILES string of the molecule is CNCc1ccc(C)cc1-c1cc(C)c(C)cc1Cl. The molecule has 2 heteroatoms. The highest BCUT2D eigenvalue weighted by molar-refractivity contribution is 6.33. The van der Waals surface area contributed by atoms with E-state index in [9.17, 15) is 0 Å². The van der Waals surface area contributed by atoms with Gasteiger partial charge in [0.2, 0.25) is 0 Å². The van der Waals surface area contributed by atoms with Crippen LogP contribution in [0.1, 0.15) is 22.3 Å². The molecule has 19 heavy (non-hydrogen) atoms. The van der Waals surface area contributed by atoms with Crippen molar-refractivity contribution in [3.63, 3.8) is 0 Å². The van der Waals surface area contributed by atoms with Crippen LogP contribution in [0, 0.1) is 20.8 Å². The fraction of sp³-hybridized carbons (Fsp3) is 0.294. The van der Waals surface area contributed by atoms with Crippen LogP contribution in [0.15, 0.2) is 30.3 Å². The zero-order valence-electron chi connectivity index (χ0n) is 12.0. The first-order chi connectivity index (χ1) is 9.02. The molecule has 2 aromatic carbocycles. The van der Waals surface area contributed by atoms with Gasteiger partial charge in [-0.2, -0.15) is 0 Å². The van der Waals surface area contributed by atoms with E-state index in [1.807, 2.05) is 7.05 Å². The molecule has 0 saturated carbocycles. The van der Waals surface area contributed by atoms with Crippen molar-refractivity contribution >= 4 is 11.6 Å². The normalized spacial score (nSPS) is 10.8. The predicted octanol–water partition coefficient (Wildman–Crippen LogP) is 4.65. The number of nitrogens with one attached hydrogen (secondary N) is 1. The van der Waals surface area contributed by atoms with Crippen molar-refractivity contribution in [1.29, 1.82) is 0 Å². The van der Waals surface area contributed by atoms with Crippen LogP contribution in [0.3, 0.4) is 0 Å². The van der Waals surface area contributed by atoms with E-state index < -0.39 is 0 Å². The molecule has 2 rings (SSSR count). The summed E-state index contributed by atoms with van der Waals surface area (Å²) < 4.78 is 0. The lowest BCUT2D eigenvalue weighted by Crippen LogP contribution is -2.06. The van der Waals surface area contributed by atoms with E-state index in [1.165, 1.54) is 27.8 Å². The van der Waals surface area contributed by atoms with E-state index >= 15 is 0 Å². The Morgan fingerprint density at radius 2 is 1.63 bits per heavy atom. The third-order valence-electron chi connectivity index (χ3n) is 3.51. The topological polar surface area (TPSA) is 12.0 Å². The summed E-state index contributed by atoms with van der Waals surface area (Å²) in [6.45, 7) is 7.18. The summed E-state index contributed by atoms with van der Waals surface area (Å²) in [4.78, 5) is 0. The van der Waals surface area contributed by atoms with Gasteiger partial charge in [0.1, 0.15) is 0 Å². The highest BCUT2D eigenvalue weighted by atomic mass is 35.5. The van der Waals surface area contributed by atoms with E-state index in [1.54, 1.807) is 0 Å². The summed E-state index contributed by atoms with van der Waals surface area (Å²) in [6.07, 6.45) is 0.